The van der Waals surface area contributed by atoms with Crippen molar-refractivity contribution < 1.29 is 22.4 Å². The second kappa shape index (κ2) is 7.02. The highest BCUT2D eigenvalue weighted by Crippen LogP contribution is 2.39. The molecule has 4 nitrogen and oxygen atoms in total. The van der Waals surface area contributed by atoms with E-state index in [4.69, 9.17) is 5.73 Å². The van der Waals surface area contributed by atoms with Crippen LogP contribution in [-0.4, -0.2) is 28.9 Å². The number of benzene rings is 2. The number of fused-ring (bicyclic) bond motifs is 1. The molecule has 0 spiro atoms. The van der Waals surface area contributed by atoms with E-state index in [0.717, 1.165) is 11.5 Å². The van der Waals surface area contributed by atoms with E-state index in [-0.39, 0.29) is 16.9 Å². The van der Waals surface area contributed by atoms with Gasteiger partial charge in [-0.15, -0.1) is 0 Å². The highest BCUT2D eigenvalue weighted by atomic mass is 19.4. The van der Waals surface area contributed by atoms with Gasteiger partial charge in [-0.1, -0.05) is 12.1 Å². The third kappa shape index (κ3) is 3.39. The van der Waals surface area contributed by atoms with Crippen molar-refractivity contribution in [2.75, 3.05) is 18.8 Å². The van der Waals surface area contributed by atoms with Gasteiger partial charge < -0.3 is 10.6 Å². The van der Waals surface area contributed by atoms with Gasteiger partial charge in [0, 0.05) is 30.2 Å². The van der Waals surface area contributed by atoms with Gasteiger partial charge in [0.2, 0.25) is 0 Å². The number of carbonyl (C=O) groups is 1. The van der Waals surface area contributed by atoms with E-state index in [9.17, 15) is 18.0 Å². The number of likely N-dealkylation sites (tertiary alicyclic amines) is 1. The molecule has 2 heterocycles. The summed E-state index contributed by atoms with van der Waals surface area (Å²) < 4.78 is 56.2. The maximum Gasteiger partial charge on any atom is 0.420 e. The Morgan fingerprint density at radius 2 is 1.90 bits per heavy atom. The first-order valence-electron chi connectivity index (χ1n) is 9.02. The van der Waals surface area contributed by atoms with E-state index < -0.39 is 29.0 Å². The summed E-state index contributed by atoms with van der Waals surface area (Å²) in [4.78, 5) is 17.8. The SMILES string of the molecule is Nc1nccc2ccc(-c3c[c]c(C(=O)N4CCCC4)c(C(F)(F)F)c3F)cc12. The molecular weight excluding hydrogens is 386 g/mol. The van der Waals surface area contributed by atoms with Gasteiger partial charge >= 0.3 is 6.18 Å². The number of nitrogens with two attached hydrogens (primary N) is 1. The number of nitrogens with zero attached hydrogens (tertiary/aromatic N) is 2. The van der Waals surface area contributed by atoms with Gasteiger partial charge in [0.05, 0.1) is 5.56 Å². The Kier molecular flexibility index (Phi) is 4.64. The number of rotatable bonds is 2. The smallest absolute Gasteiger partial charge is 0.383 e. The summed E-state index contributed by atoms with van der Waals surface area (Å²) in [5.74, 6) is -2.17. The van der Waals surface area contributed by atoms with Crippen LogP contribution in [0.1, 0.15) is 28.8 Å². The molecule has 1 aromatic heterocycles. The zero-order chi connectivity index (χ0) is 20.8. The number of aromatic nitrogens is 1. The molecule has 1 fully saturated rings. The molecule has 2 N–H and O–H groups in total. The number of amides is 1. The highest BCUT2D eigenvalue weighted by molar-refractivity contribution is 5.97. The van der Waals surface area contributed by atoms with Gasteiger partial charge in [-0.3, -0.25) is 4.79 Å². The lowest BCUT2D eigenvalue weighted by Crippen LogP contribution is -2.30. The first-order chi connectivity index (χ1) is 13.8. The van der Waals surface area contributed by atoms with Crippen LogP contribution in [-0.2, 0) is 6.18 Å². The van der Waals surface area contributed by atoms with Crippen molar-refractivity contribution >= 4 is 22.5 Å². The van der Waals surface area contributed by atoms with E-state index in [1.54, 1.807) is 12.1 Å². The van der Waals surface area contributed by atoms with Crippen LogP contribution in [0.5, 0.6) is 0 Å². The van der Waals surface area contributed by atoms with E-state index >= 15 is 4.39 Å². The van der Waals surface area contributed by atoms with Crippen LogP contribution in [0.25, 0.3) is 21.9 Å². The van der Waals surface area contributed by atoms with Crippen LogP contribution in [0.2, 0.25) is 0 Å². The molecule has 149 valence electrons. The molecule has 0 atom stereocenters. The maximum absolute atomic E-state index is 15.1. The lowest BCUT2D eigenvalue weighted by atomic mass is 9.95. The Bertz CT molecular complexity index is 1110. The Balaban J connectivity index is 1.88. The quantitative estimate of drug-likeness (QED) is 0.634. The maximum atomic E-state index is 15.1. The summed E-state index contributed by atoms with van der Waals surface area (Å²) in [6, 6.07) is 9.77. The fraction of sp³-hybridized carbons (Fsp3) is 0.238. The van der Waals surface area contributed by atoms with Gasteiger partial charge in [0.25, 0.3) is 5.91 Å². The van der Waals surface area contributed by atoms with Crippen LogP contribution < -0.4 is 5.73 Å². The number of pyridine rings is 1. The second-order valence-corrected chi connectivity index (χ2v) is 6.90. The summed E-state index contributed by atoms with van der Waals surface area (Å²) in [5.41, 5.74) is 3.34. The molecule has 3 aromatic rings. The van der Waals surface area contributed by atoms with Crippen molar-refractivity contribution in [3.63, 3.8) is 0 Å². The number of carbonyl (C=O) groups excluding carboxylic acids is 1. The van der Waals surface area contributed by atoms with Crippen molar-refractivity contribution in [3.8, 4) is 11.1 Å². The predicted molar refractivity (Wildman–Crippen MR) is 101 cm³/mol. The number of halogens is 4. The molecular formula is C21H16F4N3O. The molecule has 0 bridgehead atoms. The monoisotopic (exact) mass is 402 g/mol. The van der Waals surface area contributed by atoms with Crippen LogP contribution >= 0.6 is 0 Å². The number of alkyl halides is 3. The summed E-state index contributed by atoms with van der Waals surface area (Å²) in [7, 11) is 0. The molecule has 0 aliphatic carbocycles. The molecule has 1 saturated heterocycles. The second-order valence-electron chi connectivity index (χ2n) is 6.90. The van der Waals surface area contributed by atoms with Gasteiger partial charge in [-0.25, -0.2) is 9.37 Å². The fourth-order valence-corrected chi connectivity index (χ4v) is 3.61. The predicted octanol–water partition coefficient (Wildman–Crippen LogP) is 4.68. The van der Waals surface area contributed by atoms with Crippen molar-refractivity contribution in [3.05, 3.63) is 59.5 Å². The molecule has 1 radical (unpaired) electrons. The molecule has 1 aliphatic rings. The molecule has 1 amide bonds. The van der Waals surface area contributed by atoms with E-state index in [1.807, 2.05) is 0 Å². The molecule has 4 rings (SSSR count). The fourth-order valence-electron chi connectivity index (χ4n) is 3.61. The Hall–Kier alpha value is -3.16. The van der Waals surface area contributed by atoms with Crippen molar-refractivity contribution in [2.45, 2.75) is 19.0 Å². The highest BCUT2D eigenvalue weighted by Gasteiger charge is 2.41. The third-order valence-corrected chi connectivity index (χ3v) is 5.07. The largest absolute Gasteiger partial charge is 0.420 e. The average Bonchev–Trinajstić information content (AvgIpc) is 3.21. The zero-order valence-electron chi connectivity index (χ0n) is 15.2. The van der Waals surface area contributed by atoms with E-state index in [2.05, 4.69) is 11.1 Å². The molecule has 1 aliphatic heterocycles. The Morgan fingerprint density at radius 1 is 1.17 bits per heavy atom. The molecule has 8 heteroatoms. The van der Waals surface area contributed by atoms with Crippen LogP contribution in [0.3, 0.4) is 0 Å². The average molecular weight is 402 g/mol. The molecule has 29 heavy (non-hydrogen) atoms. The summed E-state index contributed by atoms with van der Waals surface area (Å²) in [6.45, 7) is 0.703. The lowest BCUT2D eigenvalue weighted by molar-refractivity contribution is -0.140. The topological polar surface area (TPSA) is 59.2 Å². The first kappa shape index (κ1) is 19.2. The van der Waals surface area contributed by atoms with Crippen LogP contribution in [0.15, 0.2) is 36.5 Å². The van der Waals surface area contributed by atoms with E-state index in [1.165, 1.54) is 23.2 Å². The minimum Gasteiger partial charge on any atom is -0.383 e. The van der Waals surface area contributed by atoms with Gasteiger partial charge in [0.1, 0.15) is 17.2 Å². The number of hydrogen-bond acceptors (Lipinski definition) is 3. The van der Waals surface area contributed by atoms with Crippen molar-refractivity contribution in [1.82, 2.24) is 9.88 Å². The number of hydrogen-bond donors (Lipinski definition) is 1. The van der Waals surface area contributed by atoms with Crippen LogP contribution in [0.4, 0.5) is 23.4 Å². The van der Waals surface area contributed by atoms with Gasteiger partial charge in [-0.05, 0) is 48.1 Å². The minimum atomic E-state index is -5.04. The first-order valence-corrected chi connectivity index (χ1v) is 9.02. The van der Waals surface area contributed by atoms with E-state index in [0.29, 0.717) is 31.3 Å². The Labute approximate surface area is 163 Å². The summed E-state index contributed by atoms with van der Waals surface area (Å²) >= 11 is 0. The summed E-state index contributed by atoms with van der Waals surface area (Å²) in [5, 5.41) is 1.22. The zero-order valence-corrected chi connectivity index (χ0v) is 15.2. The van der Waals surface area contributed by atoms with Crippen molar-refractivity contribution in [1.29, 1.82) is 0 Å². The van der Waals surface area contributed by atoms with Gasteiger partial charge in [0.15, 0.2) is 0 Å². The molecule has 0 saturated carbocycles. The minimum absolute atomic E-state index is 0.186. The normalized spacial score (nSPS) is 14.6. The van der Waals surface area contributed by atoms with Crippen molar-refractivity contribution in [2.24, 2.45) is 0 Å². The molecule has 2 aromatic carbocycles. The summed E-state index contributed by atoms with van der Waals surface area (Å²) in [6.07, 6.45) is -2.12. The Morgan fingerprint density at radius 3 is 2.59 bits per heavy atom. The lowest BCUT2D eigenvalue weighted by Gasteiger charge is -2.20. The third-order valence-electron chi connectivity index (χ3n) is 5.07. The molecule has 0 unspecified atom stereocenters. The standard InChI is InChI=1S/C21H16F4N3O/c22-18-14(13-4-3-12-7-8-27-19(26)16(12)11-13)5-6-15(17(18)21(23,24)25)20(29)28-9-1-2-10-28/h3-5,7-8,11H,1-2,9-10H2,(H2,26,27). The number of nitrogen functional groups attached to an aromatic ring is 1. The number of anilines is 1. The van der Waals surface area contributed by atoms with Crippen LogP contribution in [0, 0.1) is 11.9 Å². The van der Waals surface area contributed by atoms with Gasteiger partial charge in [-0.2, -0.15) is 13.2 Å².